The molecule has 0 atom stereocenters. The summed E-state index contributed by atoms with van der Waals surface area (Å²) in [5, 5.41) is 6.52. The lowest BCUT2D eigenvalue weighted by Gasteiger charge is -2.37. The Bertz CT molecular complexity index is 1630. The van der Waals surface area contributed by atoms with E-state index in [0.29, 0.717) is 28.1 Å². The third kappa shape index (κ3) is 5.14. The van der Waals surface area contributed by atoms with Crippen LogP contribution in [0.3, 0.4) is 0 Å². The van der Waals surface area contributed by atoms with Gasteiger partial charge in [-0.3, -0.25) is 0 Å². The summed E-state index contributed by atoms with van der Waals surface area (Å²) in [7, 11) is -1.50. The number of hydrogen-bond donors (Lipinski definition) is 2. The molecule has 6 rings (SSSR count). The Kier molecular flexibility index (Phi) is 7.06. The molecule has 4 heterocycles. The maximum Gasteiger partial charge on any atom is 0.243 e. The maximum atomic E-state index is 13.0. The highest BCUT2D eigenvalue weighted by Gasteiger charge is 2.28. The van der Waals surface area contributed by atoms with E-state index in [1.165, 1.54) is 0 Å². The number of nitrogens with zero attached hydrogens (tertiary/aromatic N) is 6. The van der Waals surface area contributed by atoms with Crippen molar-refractivity contribution in [3.05, 3.63) is 53.8 Å². The van der Waals surface area contributed by atoms with E-state index in [1.54, 1.807) is 34.9 Å². The van der Waals surface area contributed by atoms with Gasteiger partial charge in [0.05, 0.1) is 10.3 Å². The van der Waals surface area contributed by atoms with Crippen LogP contribution in [0.2, 0.25) is 5.02 Å². The van der Waals surface area contributed by atoms with Crippen molar-refractivity contribution in [3.8, 4) is 0 Å². The number of aromatic nitrogens is 3. The van der Waals surface area contributed by atoms with Crippen LogP contribution in [0.25, 0.3) is 21.9 Å². The Labute approximate surface area is 237 Å². The molecule has 0 saturated carbocycles. The number of nitrogens with one attached hydrogen (secondary N) is 2. The van der Waals surface area contributed by atoms with Crippen LogP contribution in [0.15, 0.2) is 53.7 Å². The number of hydrogen-bond acceptors (Lipinski definition) is 7. The first-order valence-corrected chi connectivity index (χ1v) is 15.0. The standard InChI is InChI=1S/C26H29ClN8O2S2/c1-32-8-14-35(15-9-32)39(36,37)20-5-3-19(4-6-20)30-26(38)34-12-10-33(11-13-34)25-23-21-16-18(27)2-7-22(21)31-24(23)28-17-29-25/h2-7,16-17H,8-15H2,1H3,(H,30,38)(H,28,29,31). The maximum absolute atomic E-state index is 13.0. The van der Waals surface area contributed by atoms with E-state index in [9.17, 15) is 8.42 Å². The van der Waals surface area contributed by atoms with Gasteiger partial charge in [0, 0.05) is 74.0 Å². The zero-order valence-electron chi connectivity index (χ0n) is 21.5. The van der Waals surface area contributed by atoms with Gasteiger partial charge in [0.25, 0.3) is 0 Å². The van der Waals surface area contributed by atoms with E-state index in [4.69, 9.17) is 23.8 Å². The second-order valence-corrected chi connectivity index (χ2v) is 12.6. The van der Waals surface area contributed by atoms with Crippen molar-refractivity contribution < 1.29 is 8.42 Å². The first-order valence-electron chi connectivity index (χ1n) is 12.8. The lowest BCUT2D eigenvalue weighted by atomic mass is 10.2. The van der Waals surface area contributed by atoms with Gasteiger partial charge in [-0.05, 0) is 61.7 Å². The van der Waals surface area contributed by atoms with Crippen LogP contribution in [-0.4, -0.2) is 102 Å². The fourth-order valence-electron chi connectivity index (χ4n) is 5.13. The molecule has 10 nitrogen and oxygen atoms in total. The van der Waals surface area contributed by atoms with Crippen LogP contribution < -0.4 is 10.2 Å². The molecule has 0 aliphatic carbocycles. The third-order valence-corrected chi connectivity index (χ3v) is 9.91. The number of rotatable bonds is 4. The van der Waals surface area contributed by atoms with Crippen molar-refractivity contribution in [2.45, 2.75) is 4.90 Å². The Balaban J connectivity index is 1.10. The first-order chi connectivity index (χ1) is 18.8. The summed E-state index contributed by atoms with van der Waals surface area (Å²) >= 11 is 12.0. The highest BCUT2D eigenvalue weighted by Crippen LogP contribution is 2.33. The minimum atomic E-state index is -3.50. The van der Waals surface area contributed by atoms with Gasteiger partial charge in [-0.25, -0.2) is 18.4 Å². The molecule has 2 aliphatic heterocycles. The molecule has 204 valence electrons. The summed E-state index contributed by atoms with van der Waals surface area (Å²) in [6.45, 7) is 5.39. The number of likely N-dealkylation sites (N-methyl/N-ethyl adjacent to an activating group) is 1. The Morgan fingerprint density at radius 3 is 2.41 bits per heavy atom. The predicted octanol–water partition coefficient (Wildman–Crippen LogP) is 3.22. The molecular formula is C26H29ClN8O2S2. The largest absolute Gasteiger partial charge is 0.352 e. The van der Waals surface area contributed by atoms with Crippen molar-refractivity contribution in [2.24, 2.45) is 0 Å². The number of halogens is 1. The Morgan fingerprint density at radius 1 is 0.974 bits per heavy atom. The fraction of sp³-hybridized carbons (Fsp3) is 0.346. The molecule has 2 saturated heterocycles. The summed E-state index contributed by atoms with van der Waals surface area (Å²) < 4.78 is 27.6. The molecule has 2 aromatic heterocycles. The summed E-state index contributed by atoms with van der Waals surface area (Å²) in [6.07, 6.45) is 1.58. The smallest absolute Gasteiger partial charge is 0.243 e. The Hall–Kier alpha value is -3.03. The quantitative estimate of drug-likeness (QED) is 0.350. The monoisotopic (exact) mass is 584 g/mol. The number of fused-ring (bicyclic) bond motifs is 3. The van der Waals surface area contributed by atoms with Gasteiger partial charge in [-0.1, -0.05) is 11.6 Å². The molecule has 0 bridgehead atoms. The molecule has 2 aromatic carbocycles. The number of piperazine rings is 2. The van der Waals surface area contributed by atoms with Crippen molar-refractivity contribution in [3.63, 3.8) is 0 Å². The average molecular weight is 585 g/mol. The summed E-state index contributed by atoms with van der Waals surface area (Å²) in [5.74, 6) is 0.879. The first kappa shape index (κ1) is 26.2. The van der Waals surface area contributed by atoms with E-state index in [0.717, 1.165) is 72.7 Å². The van der Waals surface area contributed by atoms with Gasteiger partial charge in [-0.15, -0.1) is 0 Å². The minimum absolute atomic E-state index is 0.298. The molecule has 0 radical (unpaired) electrons. The lowest BCUT2D eigenvalue weighted by Crippen LogP contribution is -2.50. The van der Waals surface area contributed by atoms with Gasteiger partial charge in [0.1, 0.15) is 17.8 Å². The molecule has 0 amide bonds. The van der Waals surface area contributed by atoms with Crippen LogP contribution in [0.4, 0.5) is 11.5 Å². The second-order valence-electron chi connectivity index (χ2n) is 9.87. The average Bonchev–Trinajstić information content (AvgIpc) is 3.32. The van der Waals surface area contributed by atoms with Gasteiger partial charge in [0.15, 0.2) is 5.11 Å². The third-order valence-electron chi connectivity index (χ3n) is 7.40. The van der Waals surface area contributed by atoms with E-state index >= 15 is 0 Å². The zero-order valence-corrected chi connectivity index (χ0v) is 23.9. The Morgan fingerprint density at radius 2 is 1.69 bits per heavy atom. The minimum Gasteiger partial charge on any atom is -0.352 e. The van der Waals surface area contributed by atoms with Gasteiger partial charge in [0.2, 0.25) is 10.0 Å². The molecular weight excluding hydrogens is 556 g/mol. The number of thiocarbonyl (C=S) groups is 1. The summed E-state index contributed by atoms with van der Waals surface area (Å²) in [5.41, 5.74) is 2.52. The van der Waals surface area contributed by atoms with E-state index in [2.05, 4.69) is 35.0 Å². The van der Waals surface area contributed by atoms with E-state index in [-0.39, 0.29) is 0 Å². The molecule has 4 aromatic rings. The van der Waals surface area contributed by atoms with Gasteiger partial charge < -0.3 is 25.0 Å². The SMILES string of the molecule is CN1CCN(S(=O)(=O)c2ccc(NC(=S)N3CCN(c4ncnc5[nH]c6ccc(Cl)cc6c45)CC3)cc2)CC1. The van der Waals surface area contributed by atoms with Crippen molar-refractivity contribution in [2.75, 3.05) is 69.6 Å². The summed E-state index contributed by atoms with van der Waals surface area (Å²) in [4.78, 5) is 19.2. The van der Waals surface area contributed by atoms with Crippen molar-refractivity contribution >= 4 is 72.4 Å². The molecule has 0 unspecified atom stereocenters. The van der Waals surface area contributed by atoms with Gasteiger partial charge >= 0.3 is 0 Å². The van der Waals surface area contributed by atoms with Crippen LogP contribution in [0, 0.1) is 0 Å². The predicted molar refractivity (Wildman–Crippen MR) is 159 cm³/mol. The zero-order chi connectivity index (χ0) is 27.1. The highest BCUT2D eigenvalue weighted by molar-refractivity contribution is 7.89. The van der Waals surface area contributed by atoms with Gasteiger partial charge in [-0.2, -0.15) is 4.31 Å². The van der Waals surface area contributed by atoms with Crippen LogP contribution in [0.1, 0.15) is 0 Å². The molecule has 2 N–H and O–H groups in total. The van der Waals surface area contributed by atoms with E-state index < -0.39 is 10.0 Å². The number of anilines is 2. The molecule has 39 heavy (non-hydrogen) atoms. The fourth-order valence-corrected chi connectivity index (χ4v) is 7.03. The second kappa shape index (κ2) is 10.5. The number of benzene rings is 2. The van der Waals surface area contributed by atoms with Crippen molar-refractivity contribution in [1.29, 1.82) is 0 Å². The molecule has 2 aliphatic rings. The molecule has 2 fully saturated rings. The number of sulfonamides is 1. The van der Waals surface area contributed by atoms with Crippen molar-refractivity contribution in [1.82, 2.24) is 29.1 Å². The number of aromatic amines is 1. The van der Waals surface area contributed by atoms with E-state index in [1.807, 2.05) is 25.2 Å². The molecule has 13 heteroatoms. The molecule has 0 spiro atoms. The normalized spacial score (nSPS) is 17.7. The lowest BCUT2D eigenvalue weighted by molar-refractivity contribution is 0.222. The number of H-pyrrole nitrogens is 1. The topological polar surface area (TPSA) is 101 Å². The van der Waals surface area contributed by atoms with Crippen LogP contribution in [-0.2, 0) is 10.0 Å². The summed E-state index contributed by atoms with van der Waals surface area (Å²) in [6, 6.07) is 12.6. The van der Waals surface area contributed by atoms with Crippen LogP contribution >= 0.6 is 23.8 Å². The van der Waals surface area contributed by atoms with Crippen LogP contribution in [0.5, 0.6) is 0 Å². The highest BCUT2D eigenvalue weighted by atomic mass is 35.5.